The lowest BCUT2D eigenvalue weighted by Crippen LogP contribution is -2.19. The molecule has 24 heavy (non-hydrogen) atoms. The van der Waals surface area contributed by atoms with E-state index < -0.39 is 0 Å². The van der Waals surface area contributed by atoms with Crippen LogP contribution in [0.3, 0.4) is 0 Å². The second-order valence-electron chi connectivity index (χ2n) is 4.97. The molecule has 0 fully saturated rings. The predicted molar refractivity (Wildman–Crippen MR) is 101 cm³/mol. The summed E-state index contributed by atoms with van der Waals surface area (Å²) in [5, 5.41) is 8.71. The zero-order chi connectivity index (χ0) is 17.1. The first-order valence-corrected chi connectivity index (χ1v) is 8.62. The van der Waals surface area contributed by atoms with Crippen molar-refractivity contribution in [2.45, 2.75) is 6.92 Å². The van der Waals surface area contributed by atoms with Gasteiger partial charge in [-0.2, -0.15) is 0 Å². The van der Waals surface area contributed by atoms with Gasteiger partial charge in [0.25, 0.3) is 0 Å². The van der Waals surface area contributed by atoms with Crippen molar-refractivity contribution in [1.82, 2.24) is 4.98 Å². The summed E-state index contributed by atoms with van der Waals surface area (Å²) in [5.41, 5.74) is 2.03. The van der Waals surface area contributed by atoms with Crippen LogP contribution in [-0.2, 0) is 4.79 Å². The maximum absolute atomic E-state index is 12.0. The maximum atomic E-state index is 12.0. The number of carbonyl (C=O) groups is 2. The van der Waals surface area contributed by atoms with Crippen LogP contribution in [0.5, 0.6) is 0 Å². The highest BCUT2D eigenvalue weighted by molar-refractivity contribution is 9.10. The number of halogens is 1. The van der Waals surface area contributed by atoms with Crippen LogP contribution in [-0.4, -0.2) is 16.9 Å². The monoisotopic (exact) mass is 404 g/mol. The van der Waals surface area contributed by atoms with Gasteiger partial charge in [0.15, 0.2) is 5.13 Å². The van der Waals surface area contributed by atoms with Gasteiger partial charge >= 0.3 is 6.03 Å². The van der Waals surface area contributed by atoms with Crippen molar-refractivity contribution in [2.24, 2.45) is 0 Å². The molecule has 1 heterocycles. The Morgan fingerprint density at radius 3 is 2.38 bits per heavy atom. The molecule has 0 saturated heterocycles. The third-order valence-electron chi connectivity index (χ3n) is 3.03. The van der Waals surface area contributed by atoms with Crippen molar-refractivity contribution in [3.8, 4) is 0 Å². The fraction of sp³-hybridized carbons (Fsp3) is 0.0625. The van der Waals surface area contributed by atoms with Crippen molar-refractivity contribution < 1.29 is 9.59 Å². The van der Waals surface area contributed by atoms with E-state index in [9.17, 15) is 9.59 Å². The van der Waals surface area contributed by atoms with Gasteiger partial charge in [0.05, 0.1) is 10.2 Å². The molecule has 0 bridgehead atoms. The molecule has 3 aromatic rings. The Bertz CT molecular complexity index is 908. The number of carbonyl (C=O) groups excluding carboxylic acids is 2. The number of fused-ring (bicyclic) bond motifs is 1. The quantitative estimate of drug-likeness (QED) is 0.593. The minimum Gasteiger partial charge on any atom is -0.308 e. The number of hydrogen-bond acceptors (Lipinski definition) is 4. The molecule has 2 aromatic carbocycles. The summed E-state index contributed by atoms with van der Waals surface area (Å²) in [4.78, 5) is 27.5. The number of nitrogens with zero attached hydrogens (tertiary/aromatic N) is 1. The molecule has 0 unspecified atom stereocenters. The van der Waals surface area contributed by atoms with Crippen LogP contribution in [0.25, 0.3) is 10.2 Å². The van der Waals surface area contributed by atoms with Gasteiger partial charge in [-0.1, -0.05) is 27.3 Å². The number of amides is 3. The smallest absolute Gasteiger partial charge is 0.308 e. The molecular weight excluding hydrogens is 392 g/mol. The van der Waals surface area contributed by atoms with Crippen LogP contribution in [0.4, 0.5) is 21.3 Å². The van der Waals surface area contributed by atoms with Crippen molar-refractivity contribution in [3.63, 3.8) is 0 Å². The van der Waals surface area contributed by atoms with E-state index in [0.29, 0.717) is 22.0 Å². The molecule has 0 radical (unpaired) electrons. The number of urea groups is 1. The first-order valence-electron chi connectivity index (χ1n) is 7.01. The second-order valence-corrected chi connectivity index (χ2v) is 6.92. The number of anilines is 3. The van der Waals surface area contributed by atoms with Gasteiger partial charge in [0, 0.05) is 22.8 Å². The van der Waals surface area contributed by atoms with Gasteiger partial charge in [0.1, 0.15) is 0 Å². The van der Waals surface area contributed by atoms with Crippen molar-refractivity contribution in [1.29, 1.82) is 0 Å². The van der Waals surface area contributed by atoms with Gasteiger partial charge in [-0.15, -0.1) is 0 Å². The number of thiazole rings is 1. The fourth-order valence-corrected chi connectivity index (χ4v) is 3.19. The van der Waals surface area contributed by atoms with Gasteiger partial charge in [-0.05, 0) is 42.5 Å². The summed E-state index contributed by atoms with van der Waals surface area (Å²) in [6, 6.07) is 12.4. The molecule has 122 valence electrons. The summed E-state index contributed by atoms with van der Waals surface area (Å²) in [6.45, 7) is 1.44. The molecule has 0 aliphatic heterocycles. The molecule has 6 nitrogen and oxygen atoms in total. The number of rotatable bonds is 3. The molecular formula is C16H13BrN4O2S. The van der Waals surface area contributed by atoms with E-state index in [1.54, 1.807) is 24.3 Å². The Balaban J connectivity index is 1.71. The van der Waals surface area contributed by atoms with Crippen molar-refractivity contribution in [3.05, 3.63) is 46.9 Å². The lowest BCUT2D eigenvalue weighted by atomic mass is 10.3. The number of hydrogen-bond donors (Lipinski definition) is 3. The van der Waals surface area contributed by atoms with Gasteiger partial charge in [0.2, 0.25) is 5.91 Å². The van der Waals surface area contributed by atoms with Crippen LogP contribution in [0.1, 0.15) is 6.92 Å². The molecule has 3 rings (SSSR count). The maximum Gasteiger partial charge on any atom is 0.323 e. The van der Waals surface area contributed by atoms with Crippen molar-refractivity contribution in [2.75, 3.05) is 16.0 Å². The molecule has 0 aliphatic carbocycles. The number of aromatic nitrogens is 1. The zero-order valence-electron chi connectivity index (χ0n) is 12.6. The standard InChI is InChI=1S/C16H13BrN4O2S/c1-9(22)18-16-21-13-8-12(6-7-14(13)24-16)20-15(23)19-11-4-2-10(17)3-5-11/h2-8H,1H3,(H,18,21,22)(H2,19,20,23). The normalized spacial score (nSPS) is 10.4. The Labute approximate surface area is 150 Å². The second kappa shape index (κ2) is 6.98. The van der Waals surface area contributed by atoms with Gasteiger partial charge in [-0.3, -0.25) is 4.79 Å². The van der Waals surface area contributed by atoms with Crippen LogP contribution in [0, 0.1) is 0 Å². The van der Waals surface area contributed by atoms with Crippen LogP contribution >= 0.6 is 27.3 Å². The van der Waals surface area contributed by atoms with E-state index >= 15 is 0 Å². The molecule has 8 heteroatoms. The van der Waals surface area contributed by atoms with E-state index in [1.807, 2.05) is 18.2 Å². The third kappa shape index (κ3) is 4.09. The topological polar surface area (TPSA) is 83.1 Å². The average molecular weight is 405 g/mol. The first kappa shape index (κ1) is 16.4. The molecule has 3 amide bonds. The summed E-state index contributed by atoms with van der Waals surface area (Å²) in [5.74, 6) is -0.165. The Morgan fingerprint density at radius 2 is 1.67 bits per heavy atom. The summed E-state index contributed by atoms with van der Waals surface area (Å²) in [7, 11) is 0. The Morgan fingerprint density at radius 1 is 1.00 bits per heavy atom. The SMILES string of the molecule is CC(=O)Nc1nc2cc(NC(=O)Nc3ccc(Br)cc3)ccc2s1. The summed E-state index contributed by atoms with van der Waals surface area (Å²) >= 11 is 4.73. The highest BCUT2D eigenvalue weighted by atomic mass is 79.9. The van der Waals surface area contributed by atoms with Crippen LogP contribution in [0.2, 0.25) is 0 Å². The predicted octanol–water partition coefficient (Wildman–Crippen LogP) is 4.66. The molecule has 0 spiro atoms. The largest absolute Gasteiger partial charge is 0.323 e. The van der Waals surface area contributed by atoms with E-state index in [1.165, 1.54) is 18.3 Å². The van der Waals surface area contributed by atoms with E-state index in [4.69, 9.17) is 0 Å². The first-order chi connectivity index (χ1) is 11.5. The molecule has 3 N–H and O–H groups in total. The van der Waals surface area contributed by atoms with Crippen LogP contribution < -0.4 is 16.0 Å². The lowest BCUT2D eigenvalue weighted by Gasteiger charge is -2.07. The minimum absolute atomic E-state index is 0.165. The Hall–Kier alpha value is -2.45. The third-order valence-corrected chi connectivity index (χ3v) is 4.51. The zero-order valence-corrected chi connectivity index (χ0v) is 15.0. The minimum atomic E-state index is -0.339. The van der Waals surface area contributed by atoms with Gasteiger partial charge < -0.3 is 16.0 Å². The highest BCUT2D eigenvalue weighted by Gasteiger charge is 2.08. The molecule has 1 aromatic heterocycles. The molecule has 0 saturated carbocycles. The summed E-state index contributed by atoms with van der Waals surface area (Å²) in [6.07, 6.45) is 0. The molecule has 0 atom stereocenters. The average Bonchev–Trinajstić information content (AvgIpc) is 2.90. The van der Waals surface area contributed by atoms with E-state index in [-0.39, 0.29) is 11.9 Å². The van der Waals surface area contributed by atoms with Gasteiger partial charge in [-0.25, -0.2) is 9.78 Å². The number of nitrogens with one attached hydrogen (secondary N) is 3. The van der Waals surface area contributed by atoms with E-state index in [2.05, 4.69) is 36.9 Å². The van der Waals surface area contributed by atoms with Crippen molar-refractivity contribution >= 4 is 65.9 Å². The number of benzene rings is 2. The fourth-order valence-electron chi connectivity index (χ4n) is 2.04. The summed E-state index contributed by atoms with van der Waals surface area (Å²) < 4.78 is 1.87. The van der Waals surface area contributed by atoms with Crippen LogP contribution in [0.15, 0.2) is 46.9 Å². The lowest BCUT2D eigenvalue weighted by molar-refractivity contribution is -0.114. The van der Waals surface area contributed by atoms with E-state index in [0.717, 1.165) is 9.17 Å². The Kier molecular flexibility index (Phi) is 4.77. The molecule has 0 aliphatic rings. The highest BCUT2D eigenvalue weighted by Crippen LogP contribution is 2.28.